The van der Waals surface area contributed by atoms with Crippen LogP contribution in [0.1, 0.15) is 52.1 Å². The summed E-state index contributed by atoms with van der Waals surface area (Å²) in [7, 11) is 1.60. The average molecular weight is 362 g/mol. The van der Waals surface area contributed by atoms with Crippen LogP contribution >= 0.6 is 0 Å². The second-order valence-corrected chi connectivity index (χ2v) is 6.92. The van der Waals surface area contributed by atoms with Gasteiger partial charge in [-0.1, -0.05) is 19.9 Å². The molecule has 0 spiro atoms. The van der Waals surface area contributed by atoms with Crippen LogP contribution in [0.5, 0.6) is 11.5 Å². The molecule has 1 saturated heterocycles. The Morgan fingerprint density at radius 2 is 2.00 bits per heavy atom. The van der Waals surface area contributed by atoms with Crippen molar-refractivity contribution in [2.45, 2.75) is 52.6 Å². The number of rotatable bonds is 7. The normalized spacial score (nSPS) is 17.9. The molecule has 6 nitrogen and oxygen atoms in total. The molecule has 0 saturated carbocycles. The number of benzene rings is 1. The van der Waals surface area contributed by atoms with Crippen LogP contribution in [0.15, 0.2) is 18.2 Å². The van der Waals surface area contributed by atoms with Gasteiger partial charge in [-0.2, -0.15) is 0 Å². The van der Waals surface area contributed by atoms with E-state index in [0.29, 0.717) is 31.1 Å². The number of likely N-dealkylation sites (tertiary alicyclic amines) is 1. The Labute approximate surface area is 155 Å². The van der Waals surface area contributed by atoms with Crippen molar-refractivity contribution in [2.24, 2.45) is 5.92 Å². The van der Waals surface area contributed by atoms with Gasteiger partial charge in [0.1, 0.15) is 6.04 Å². The molecule has 0 aromatic heterocycles. The van der Waals surface area contributed by atoms with E-state index in [4.69, 9.17) is 9.47 Å². The van der Waals surface area contributed by atoms with Crippen molar-refractivity contribution in [3.05, 3.63) is 23.8 Å². The van der Waals surface area contributed by atoms with E-state index in [-0.39, 0.29) is 29.8 Å². The van der Waals surface area contributed by atoms with E-state index < -0.39 is 0 Å². The maximum absolute atomic E-state index is 12.7. The number of ether oxygens (including phenoxy) is 2. The molecule has 0 bridgehead atoms. The first-order chi connectivity index (χ1) is 12.4. The Bertz CT molecular complexity index is 645. The Balaban J connectivity index is 2.08. The lowest BCUT2D eigenvalue weighted by molar-refractivity contribution is -0.141. The summed E-state index contributed by atoms with van der Waals surface area (Å²) in [6.45, 7) is 8.79. The minimum absolute atomic E-state index is 0.0399. The molecule has 6 heteroatoms. The number of carbonyl (C=O) groups excluding carboxylic acids is 2. The lowest BCUT2D eigenvalue weighted by Gasteiger charge is -2.27. The van der Waals surface area contributed by atoms with Crippen LogP contribution in [0.4, 0.5) is 0 Å². The SMILES string of the molecule is CCOc1ccc([C@H](C)NC(=O)[C@H]2CCCN2C(=O)C(C)C)cc1OC. The maximum Gasteiger partial charge on any atom is 0.243 e. The fourth-order valence-electron chi connectivity index (χ4n) is 3.26. The van der Waals surface area contributed by atoms with E-state index in [1.54, 1.807) is 12.0 Å². The van der Waals surface area contributed by atoms with Crippen molar-refractivity contribution < 1.29 is 19.1 Å². The molecule has 0 radical (unpaired) electrons. The molecular weight excluding hydrogens is 332 g/mol. The number of nitrogens with one attached hydrogen (secondary N) is 1. The summed E-state index contributed by atoms with van der Waals surface area (Å²) >= 11 is 0. The number of amides is 2. The summed E-state index contributed by atoms with van der Waals surface area (Å²) in [4.78, 5) is 26.8. The smallest absolute Gasteiger partial charge is 0.243 e. The fraction of sp³-hybridized carbons (Fsp3) is 0.600. The van der Waals surface area contributed by atoms with Crippen LogP contribution in [0.3, 0.4) is 0 Å². The van der Waals surface area contributed by atoms with E-state index >= 15 is 0 Å². The zero-order chi connectivity index (χ0) is 19.3. The van der Waals surface area contributed by atoms with Gasteiger partial charge in [-0.05, 0) is 44.4 Å². The number of carbonyl (C=O) groups is 2. The molecule has 2 atom stereocenters. The second kappa shape index (κ2) is 8.92. The molecule has 1 aromatic carbocycles. The van der Waals surface area contributed by atoms with Crippen LogP contribution in [-0.2, 0) is 9.59 Å². The van der Waals surface area contributed by atoms with Gasteiger partial charge in [-0.25, -0.2) is 0 Å². The molecule has 26 heavy (non-hydrogen) atoms. The fourth-order valence-corrected chi connectivity index (χ4v) is 3.26. The van der Waals surface area contributed by atoms with Crippen LogP contribution in [0, 0.1) is 5.92 Å². The Morgan fingerprint density at radius 1 is 1.27 bits per heavy atom. The van der Waals surface area contributed by atoms with Gasteiger partial charge in [-0.15, -0.1) is 0 Å². The van der Waals surface area contributed by atoms with E-state index in [2.05, 4.69) is 5.32 Å². The van der Waals surface area contributed by atoms with Gasteiger partial charge in [0.2, 0.25) is 11.8 Å². The highest BCUT2D eigenvalue weighted by Gasteiger charge is 2.35. The molecule has 2 amide bonds. The van der Waals surface area contributed by atoms with Gasteiger partial charge in [-0.3, -0.25) is 9.59 Å². The lowest BCUT2D eigenvalue weighted by Crippen LogP contribution is -2.47. The number of hydrogen-bond acceptors (Lipinski definition) is 4. The first kappa shape index (κ1) is 20.1. The van der Waals surface area contributed by atoms with E-state index in [1.165, 1.54) is 0 Å². The number of methoxy groups -OCH3 is 1. The monoisotopic (exact) mass is 362 g/mol. The summed E-state index contributed by atoms with van der Waals surface area (Å²) in [5.74, 6) is 1.16. The van der Waals surface area contributed by atoms with Crippen molar-refractivity contribution in [1.82, 2.24) is 10.2 Å². The number of nitrogens with zero attached hydrogens (tertiary/aromatic N) is 1. The minimum atomic E-state index is -0.378. The Morgan fingerprint density at radius 3 is 2.62 bits per heavy atom. The molecule has 2 rings (SSSR count). The molecular formula is C20H30N2O4. The van der Waals surface area contributed by atoms with Gasteiger partial charge in [0.25, 0.3) is 0 Å². The third kappa shape index (κ3) is 4.48. The third-order valence-corrected chi connectivity index (χ3v) is 4.68. The van der Waals surface area contributed by atoms with Gasteiger partial charge in [0, 0.05) is 12.5 Å². The topological polar surface area (TPSA) is 67.9 Å². The second-order valence-electron chi connectivity index (χ2n) is 6.92. The molecule has 1 heterocycles. The molecule has 1 aliphatic heterocycles. The summed E-state index contributed by atoms with van der Waals surface area (Å²) in [5.41, 5.74) is 0.929. The van der Waals surface area contributed by atoms with Gasteiger partial charge in [0.15, 0.2) is 11.5 Å². The largest absolute Gasteiger partial charge is 0.493 e. The molecule has 0 aliphatic carbocycles. The lowest BCUT2D eigenvalue weighted by atomic mass is 10.1. The summed E-state index contributed by atoms with van der Waals surface area (Å²) in [6, 6.07) is 5.08. The highest BCUT2D eigenvalue weighted by atomic mass is 16.5. The molecule has 0 unspecified atom stereocenters. The molecule has 1 aromatic rings. The van der Waals surface area contributed by atoms with Crippen LogP contribution in [-0.4, -0.2) is 43.0 Å². The van der Waals surface area contributed by atoms with E-state index in [1.807, 2.05) is 45.9 Å². The average Bonchev–Trinajstić information content (AvgIpc) is 3.11. The zero-order valence-electron chi connectivity index (χ0n) is 16.4. The summed E-state index contributed by atoms with van der Waals surface area (Å²) in [5, 5.41) is 3.04. The third-order valence-electron chi connectivity index (χ3n) is 4.68. The van der Waals surface area contributed by atoms with Gasteiger partial charge >= 0.3 is 0 Å². The van der Waals surface area contributed by atoms with E-state index in [0.717, 1.165) is 12.0 Å². The Hall–Kier alpha value is -2.24. The maximum atomic E-state index is 12.7. The van der Waals surface area contributed by atoms with Crippen LogP contribution < -0.4 is 14.8 Å². The quantitative estimate of drug-likeness (QED) is 0.810. The van der Waals surface area contributed by atoms with Crippen molar-refractivity contribution in [3.8, 4) is 11.5 Å². The first-order valence-corrected chi connectivity index (χ1v) is 9.30. The Kier molecular flexibility index (Phi) is 6.89. The zero-order valence-corrected chi connectivity index (χ0v) is 16.4. The van der Waals surface area contributed by atoms with Crippen molar-refractivity contribution in [1.29, 1.82) is 0 Å². The van der Waals surface area contributed by atoms with Crippen LogP contribution in [0.2, 0.25) is 0 Å². The predicted octanol–water partition coefficient (Wildman–Crippen LogP) is 2.92. The van der Waals surface area contributed by atoms with Crippen molar-refractivity contribution >= 4 is 11.8 Å². The highest BCUT2D eigenvalue weighted by Crippen LogP contribution is 2.30. The molecule has 1 aliphatic rings. The summed E-state index contributed by atoms with van der Waals surface area (Å²) < 4.78 is 10.9. The number of hydrogen-bond donors (Lipinski definition) is 1. The van der Waals surface area contributed by atoms with Gasteiger partial charge in [0.05, 0.1) is 19.8 Å². The molecule has 1 N–H and O–H groups in total. The predicted molar refractivity (Wildman–Crippen MR) is 100 cm³/mol. The van der Waals surface area contributed by atoms with Crippen LogP contribution in [0.25, 0.3) is 0 Å². The first-order valence-electron chi connectivity index (χ1n) is 9.30. The molecule has 1 fully saturated rings. The van der Waals surface area contributed by atoms with Crippen molar-refractivity contribution in [2.75, 3.05) is 20.3 Å². The standard InChI is InChI=1S/C20H30N2O4/c1-6-26-17-10-9-15(12-18(17)25-5)14(4)21-19(23)16-8-7-11-22(16)20(24)13(2)3/h9-10,12-14,16H,6-8,11H2,1-5H3,(H,21,23)/t14-,16+/m0/s1. The van der Waals surface area contributed by atoms with Gasteiger partial charge < -0.3 is 19.7 Å². The van der Waals surface area contributed by atoms with E-state index in [9.17, 15) is 9.59 Å². The van der Waals surface area contributed by atoms with Crippen molar-refractivity contribution in [3.63, 3.8) is 0 Å². The summed E-state index contributed by atoms with van der Waals surface area (Å²) in [6.07, 6.45) is 1.57. The highest BCUT2D eigenvalue weighted by molar-refractivity contribution is 5.89. The minimum Gasteiger partial charge on any atom is -0.493 e. The molecule has 144 valence electrons.